The lowest BCUT2D eigenvalue weighted by Crippen LogP contribution is -2.24. The van der Waals surface area contributed by atoms with E-state index < -0.39 is 0 Å². The lowest BCUT2D eigenvalue weighted by Gasteiger charge is -2.14. The minimum Gasteiger partial charge on any atom is -0.493 e. The molecule has 0 spiro atoms. The number of benzene rings is 2. The first-order valence-electron chi connectivity index (χ1n) is 7.89. The van der Waals surface area contributed by atoms with E-state index in [0.29, 0.717) is 31.1 Å². The van der Waals surface area contributed by atoms with Crippen LogP contribution in [-0.4, -0.2) is 33.7 Å². The first kappa shape index (κ1) is 17.7. The molecule has 2 aromatic rings. The lowest BCUT2D eigenvalue weighted by atomic mass is 10.2. The van der Waals surface area contributed by atoms with Crippen molar-refractivity contribution in [1.82, 2.24) is 5.32 Å². The van der Waals surface area contributed by atoms with Gasteiger partial charge in [0.15, 0.2) is 11.5 Å². The Bertz CT molecular complexity index is 671. The molecule has 128 valence electrons. The van der Waals surface area contributed by atoms with Crippen molar-refractivity contribution in [2.75, 3.05) is 32.7 Å². The zero-order chi connectivity index (χ0) is 17.4. The van der Waals surface area contributed by atoms with Crippen LogP contribution < -0.4 is 19.7 Å². The molecule has 0 aliphatic heterocycles. The van der Waals surface area contributed by atoms with Crippen molar-refractivity contribution in [3.63, 3.8) is 0 Å². The molecule has 0 unspecified atom stereocenters. The number of ether oxygens (including phenoxy) is 2. The van der Waals surface area contributed by atoms with E-state index in [-0.39, 0.29) is 5.91 Å². The zero-order valence-corrected chi connectivity index (χ0v) is 14.4. The third kappa shape index (κ3) is 5.19. The summed E-state index contributed by atoms with van der Waals surface area (Å²) in [4.78, 5) is 14.0. The smallest absolute Gasteiger partial charge is 0.223 e. The number of rotatable bonds is 8. The average Bonchev–Trinajstić information content (AvgIpc) is 2.60. The normalized spacial score (nSPS) is 10.1. The van der Waals surface area contributed by atoms with Crippen molar-refractivity contribution in [3.05, 3.63) is 54.1 Å². The van der Waals surface area contributed by atoms with Gasteiger partial charge < -0.3 is 19.7 Å². The monoisotopic (exact) mass is 328 g/mol. The zero-order valence-electron chi connectivity index (χ0n) is 14.4. The van der Waals surface area contributed by atoms with Gasteiger partial charge in [-0.2, -0.15) is 0 Å². The van der Waals surface area contributed by atoms with E-state index in [4.69, 9.17) is 9.47 Å². The van der Waals surface area contributed by atoms with Gasteiger partial charge in [-0.25, -0.2) is 0 Å². The molecule has 0 aliphatic rings. The number of hydrogen-bond acceptors (Lipinski definition) is 4. The van der Waals surface area contributed by atoms with Crippen molar-refractivity contribution < 1.29 is 14.3 Å². The molecule has 0 saturated heterocycles. The van der Waals surface area contributed by atoms with Gasteiger partial charge in [-0.15, -0.1) is 0 Å². The molecule has 0 atom stereocenters. The van der Waals surface area contributed by atoms with Gasteiger partial charge in [0, 0.05) is 26.3 Å². The van der Waals surface area contributed by atoms with E-state index in [9.17, 15) is 4.79 Å². The number of nitrogens with zero attached hydrogens (tertiary/aromatic N) is 1. The molecule has 24 heavy (non-hydrogen) atoms. The molecule has 1 N–H and O–H groups in total. The Morgan fingerprint density at radius 2 is 1.83 bits per heavy atom. The average molecular weight is 328 g/mol. The fourth-order valence-electron chi connectivity index (χ4n) is 2.23. The van der Waals surface area contributed by atoms with Crippen molar-refractivity contribution >= 4 is 11.6 Å². The fraction of sp³-hybridized carbons (Fsp3) is 0.316. The molecule has 0 aliphatic carbocycles. The summed E-state index contributed by atoms with van der Waals surface area (Å²) in [5.74, 6) is 1.27. The van der Waals surface area contributed by atoms with Crippen molar-refractivity contribution in [2.24, 2.45) is 0 Å². The van der Waals surface area contributed by atoms with Gasteiger partial charge in [0.1, 0.15) is 0 Å². The summed E-state index contributed by atoms with van der Waals surface area (Å²) in [5, 5.41) is 2.91. The third-order valence-corrected chi connectivity index (χ3v) is 3.57. The highest BCUT2D eigenvalue weighted by molar-refractivity contribution is 5.76. The first-order chi connectivity index (χ1) is 11.6. The molecule has 0 fully saturated rings. The summed E-state index contributed by atoms with van der Waals surface area (Å²) in [6, 6.07) is 15.5. The van der Waals surface area contributed by atoms with Crippen LogP contribution in [0, 0.1) is 0 Å². The van der Waals surface area contributed by atoms with Crippen LogP contribution in [0.2, 0.25) is 0 Å². The topological polar surface area (TPSA) is 50.8 Å². The Morgan fingerprint density at radius 1 is 1.08 bits per heavy atom. The van der Waals surface area contributed by atoms with Gasteiger partial charge in [0.2, 0.25) is 5.91 Å². The van der Waals surface area contributed by atoms with Crippen LogP contribution in [-0.2, 0) is 11.3 Å². The van der Waals surface area contributed by atoms with Crippen LogP contribution >= 0.6 is 0 Å². The second kappa shape index (κ2) is 8.82. The van der Waals surface area contributed by atoms with Gasteiger partial charge in [-0.1, -0.05) is 24.3 Å². The van der Waals surface area contributed by atoms with Crippen LogP contribution in [0.3, 0.4) is 0 Å². The minimum absolute atomic E-state index is 0.0415. The molecule has 2 rings (SSSR count). The highest BCUT2D eigenvalue weighted by atomic mass is 16.5. The maximum absolute atomic E-state index is 11.9. The summed E-state index contributed by atoms with van der Waals surface area (Å²) in [5.41, 5.74) is 2.18. The Labute approximate surface area is 143 Å². The van der Waals surface area contributed by atoms with Crippen LogP contribution in [0.4, 0.5) is 5.69 Å². The minimum atomic E-state index is -0.0415. The van der Waals surface area contributed by atoms with E-state index in [0.717, 1.165) is 11.3 Å². The number of nitrogens with one attached hydrogen (secondary N) is 1. The summed E-state index contributed by atoms with van der Waals surface area (Å²) in [7, 11) is 5.58. The maximum atomic E-state index is 11.9. The van der Waals surface area contributed by atoms with E-state index in [2.05, 4.69) is 11.4 Å². The molecule has 0 saturated carbocycles. The molecular formula is C19H24N2O3. The predicted octanol–water partition coefficient (Wildman–Crippen LogP) is 2.85. The molecular weight excluding hydrogens is 304 g/mol. The van der Waals surface area contributed by atoms with E-state index in [1.807, 2.05) is 61.5 Å². The maximum Gasteiger partial charge on any atom is 0.223 e. The van der Waals surface area contributed by atoms with Crippen molar-refractivity contribution in [1.29, 1.82) is 0 Å². The van der Waals surface area contributed by atoms with E-state index >= 15 is 0 Å². The fourth-order valence-corrected chi connectivity index (χ4v) is 2.23. The second-order valence-corrected chi connectivity index (χ2v) is 5.59. The SMILES string of the molecule is COc1ccccc1OCCC(=O)NCc1cccc(N(C)C)c1. The Balaban J connectivity index is 1.76. The van der Waals surface area contributed by atoms with Crippen LogP contribution in [0.25, 0.3) is 0 Å². The van der Waals surface area contributed by atoms with E-state index in [1.54, 1.807) is 7.11 Å². The van der Waals surface area contributed by atoms with Gasteiger partial charge in [0.25, 0.3) is 0 Å². The lowest BCUT2D eigenvalue weighted by molar-refractivity contribution is -0.121. The van der Waals surface area contributed by atoms with Crippen LogP contribution in [0.5, 0.6) is 11.5 Å². The van der Waals surface area contributed by atoms with Gasteiger partial charge in [-0.3, -0.25) is 4.79 Å². The molecule has 0 aromatic heterocycles. The third-order valence-electron chi connectivity index (χ3n) is 3.57. The molecule has 0 heterocycles. The van der Waals surface area contributed by atoms with E-state index in [1.165, 1.54) is 0 Å². The quantitative estimate of drug-likeness (QED) is 0.809. The largest absolute Gasteiger partial charge is 0.493 e. The number of anilines is 1. The number of carbonyl (C=O) groups is 1. The van der Waals surface area contributed by atoms with Gasteiger partial charge in [-0.05, 0) is 29.8 Å². The first-order valence-corrected chi connectivity index (χ1v) is 7.89. The molecule has 0 bridgehead atoms. The standard InChI is InChI=1S/C19H24N2O3/c1-21(2)16-8-6-7-15(13-16)14-20-19(22)11-12-24-18-10-5-4-9-17(18)23-3/h4-10,13H,11-12,14H2,1-3H3,(H,20,22). The Morgan fingerprint density at radius 3 is 2.54 bits per heavy atom. The number of amides is 1. The van der Waals surface area contributed by atoms with Gasteiger partial charge >= 0.3 is 0 Å². The summed E-state index contributed by atoms with van der Waals surface area (Å²) >= 11 is 0. The highest BCUT2D eigenvalue weighted by Gasteiger charge is 2.06. The number of carbonyl (C=O) groups excluding carboxylic acids is 1. The molecule has 2 aromatic carbocycles. The number of para-hydroxylation sites is 2. The van der Waals surface area contributed by atoms with Crippen molar-refractivity contribution in [3.8, 4) is 11.5 Å². The number of methoxy groups -OCH3 is 1. The molecule has 0 radical (unpaired) electrons. The van der Waals surface area contributed by atoms with Crippen LogP contribution in [0.15, 0.2) is 48.5 Å². The highest BCUT2D eigenvalue weighted by Crippen LogP contribution is 2.25. The molecule has 5 heteroatoms. The summed E-state index contributed by atoms with van der Waals surface area (Å²) in [6.45, 7) is 0.819. The van der Waals surface area contributed by atoms with Gasteiger partial charge in [0.05, 0.1) is 20.1 Å². The van der Waals surface area contributed by atoms with Crippen LogP contribution in [0.1, 0.15) is 12.0 Å². The summed E-state index contributed by atoms with van der Waals surface area (Å²) < 4.78 is 10.8. The summed E-state index contributed by atoms with van der Waals surface area (Å²) in [6.07, 6.45) is 0.297. The Kier molecular flexibility index (Phi) is 6.49. The Hall–Kier alpha value is -2.69. The molecule has 5 nitrogen and oxygen atoms in total. The second-order valence-electron chi connectivity index (χ2n) is 5.59. The number of hydrogen-bond donors (Lipinski definition) is 1. The molecule has 1 amide bonds. The van der Waals surface area contributed by atoms with Crippen molar-refractivity contribution in [2.45, 2.75) is 13.0 Å². The predicted molar refractivity (Wildman–Crippen MR) is 95.7 cm³/mol.